The summed E-state index contributed by atoms with van der Waals surface area (Å²) in [5.41, 5.74) is 4.82. The lowest BCUT2D eigenvalue weighted by molar-refractivity contribution is -0.127. The van der Waals surface area contributed by atoms with Crippen LogP contribution in [0.5, 0.6) is 0 Å². The zero-order chi connectivity index (χ0) is 13.8. The van der Waals surface area contributed by atoms with E-state index in [9.17, 15) is 4.79 Å². The Labute approximate surface area is 115 Å². The van der Waals surface area contributed by atoms with Crippen molar-refractivity contribution in [2.24, 2.45) is 11.1 Å². The van der Waals surface area contributed by atoms with Crippen molar-refractivity contribution in [2.45, 2.75) is 46.1 Å². The summed E-state index contributed by atoms with van der Waals surface area (Å²) in [4.78, 5) is 14.7. The van der Waals surface area contributed by atoms with E-state index in [-0.39, 0.29) is 16.9 Å². The van der Waals surface area contributed by atoms with Gasteiger partial charge in [-0.1, -0.05) is 18.6 Å². The number of hydrogen-bond donors (Lipinski definition) is 2. The largest absolute Gasteiger partial charge is 0.392 e. The molecular weight excluding hydrogens is 246 g/mol. The molecule has 1 fully saturated rings. The van der Waals surface area contributed by atoms with Crippen LogP contribution in [0.15, 0.2) is 0 Å². The van der Waals surface area contributed by atoms with Crippen LogP contribution in [0.2, 0.25) is 0 Å². The van der Waals surface area contributed by atoms with Gasteiger partial charge in [0.15, 0.2) is 0 Å². The fraction of sp³-hybridized carbons (Fsp3) is 0.846. The minimum Gasteiger partial charge on any atom is -0.392 e. The number of likely N-dealkylation sites (tertiary alicyclic amines) is 1. The van der Waals surface area contributed by atoms with Crippen molar-refractivity contribution in [1.29, 1.82) is 0 Å². The quantitative estimate of drug-likeness (QED) is 0.740. The maximum absolute atomic E-state index is 12.1. The van der Waals surface area contributed by atoms with Crippen LogP contribution in [-0.2, 0) is 4.79 Å². The summed E-state index contributed by atoms with van der Waals surface area (Å²) in [6, 6.07) is 0.129. The molecular formula is C13H25N3OS. The van der Waals surface area contributed by atoms with Gasteiger partial charge in [-0.3, -0.25) is 4.79 Å². The van der Waals surface area contributed by atoms with Gasteiger partial charge in [-0.05, 0) is 46.7 Å². The van der Waals surface area contributed by atoms with Gasteiger partial charge in [-0.2, -0.15) is 0 Å². The molecule has 0 aliphatic carbocycles. The van der Waals surface area contributed by atoms with Crippen LogP contribution >= 0.6 is 12.2 Å². The van der Waals surface area contributed by atoms with Gasteiger partial charge in [0.25, 0.3) is 0 Å². The Balaban J connectivity index is 2.41. The number of amides is 1. The molecule has 0 aromatic carbocycles. The molecule has 1 rings (SSSR count). The van der Waals surface area contributed by atoms with Gasteiger partial charge < -0.3 is 16.0 Å². The van der Waals surface area contributed by atoms with Crippen LogP contribution in [0.1, 0.15) is 40.0 Å². The molecule has 0 aromatic heterocycles. The van der Waals surface area contributed by atoms with Crippen molar-refractivity contribution >= 4 is 23.1 Å². The molecule has 5 heteroatoms. The number of nitrogens with two attached hydrogens (primary N) is 1. The van der Waals surface area contributed by atoms with Gasteiger partial charge in [-0.15, -0.1) is 0 Å². The van der Waals surface area contributed by atoms with Crippen molar-refractivity contribution in [2.75, 3.05) is 19.6 Å². The first-order chi connectivity index (χ1) is 8.34. The predicted octanol–water partition coefficient (Wildman–Crippen LogP) is 1.29. The summed E-state index contributed by atoms with van der Waals surface area (Å²) in [6.45, 7) is 8.73. The van der Waals surface area contributed by atoms with E-state index in [1.165, 1.54) is 19.3 Å². The minimum absolute atomic E-state index is 0.0838. The van der Waals surface area contributed by atoms with E-state index < -0.39 is 5.41 Å². The van der Waals surface area contributed by atoms with Crippen LogP contribution in [0.3, 0.4) is 0 Å². The molecule has 0 spiro atoms. The second-order valence-corrected chi connectivity index (χ2v) is 6.16. The Hall–Kier alpha value is -0.680. The summed E-state index contributed by atoms with van der Waals surface area (Å²) in [5.74, 6) is -0.0838. The highest BCUT2D eigenvalue weighted by Gasteiger charge is 2.31. The average Bonchev–Trinajstić information content (AvgIpc) is 2.29. The molecule has 3 N–H and O–H groups in total. The number of piperidine rings is 1. The number of hydrogen-bond acceptors (Lipinski definition) is 3. The van der Waals surface area contributed by atoms with Gasteiger partial charge >= 0.3 is 0 Å². The normalized spacial score (nSPS) is 19.3. The highest BCUT2D eigenvalue weighted by atomic mass is 32.1. The number of thiocarbonyl (C=S) groups is 1. The van der Waals surface area contributed by atoms with Gasteiger partial charge in [0, 0.05) is 12.6 Å². The molecule has 1 amide bonds. The number of carbonyl (C=O) groups is 1. The molecule has 1 aliphatic rings. The number of nitrogens with zero attached hydrogens (tertiary/aromatic N) is 1. The zero-order valence-corrected chi connectivity index (χ0v) is 12.5. The topological polar surface area (TPSA) is 58.4 Å². The molecule has 0 radical (unpaired) electrons. The Morgan fingerprint density at radius 1 is 1.39 bits per heavy atom. The summed E-state index contributed by atoms with van der Waals surface area (Å²) in [5, 5.41) is 3.00. The average molecular weight is 271 g/mol. The van der Waals surface area contributed by atoms with E-state index >= 15 is 0 Å². The summed E-state index contributed by atoms with van der Waals surface area (Å²) in [7, 11) is 0. The van der Waals surface area contributed by atoms with E-state index in [0.29, 0.717) is 0 Å². The van der Waals surface area contributed by atoms with Gasteiger partial charge in [0.05, 0.1) is 10.4 Å². The van der Waals surface area contributed by atoms with Crippen molar-refractivity contribution in [3.8, 4) is 0 Å². The molecule has 4 nitrogen and oxygen atoms in total. The first kappa shape index (κ1) is 15.4. The maximum Gasteiger partial charge on any atom is 0.232 e. The molecule has 104 valence electrons. The third-order valence-corrected chi connectivity index (χ3v) is 4.05. The zero-order valence-electron chi connectivity index (χ0n) is 11.7. The molecule has 1 unspecified atom stereocenters. The predicted molar refractivity (Wildman–Crippen MR) is 78.5 cm³/mol. The van der Waals surface area contributed by atoms with Gasteiger partial charge in [-0.25, -0.2) is 0 Å². The molecule has 1 heterocycles. The number of rotatable bonds is 5. The lowest BCUT2D eigenvalue weighted by Gasteiger charge is -2.31. The summed E-state index contributed by atoms with van der Waals surface area (Å²) in [6.07, 6.45) is 3.85. The van der Waals surface area contributed by atoms with Crippen LogP contribution in [0.25, 0.3) is 0 Å². The Bertz CT molecular complexity index is 311. The second kappa shape index (κ2) is 6.48. The molecule has 1 saturated heterocycles. The summed E-state index contributed by atoms with van der Waals surface area (Å²) < 4.78 is 0. The Morgan fingerprint density at radius 3 is 2.44 bits per heavy atom. The van der Waals surface area contributed by atoms with Crippen molar-refractivity contribution in [3.05, 3.63) is 0 Å². The molecule has 0 bridgehead atoms. The van der Waals surface area contributed by atoms with Crippen LogP contribution in [0.4, 0.5) is 0 Å². The van der Waals surface area contributed by atoms with E-state index in [1.54, 1.807) is 13.8 Å². The molecule has 1 atom stereocenters. The number of nitrogens with one attached hydrogen (secondary N) is 1. The first-order valence-electron chi connectivity index (χ1n) is 6.67. The van der Waals surface area contributed by atoms with Crippen molar-refractivity contribution < 1.29 is 4.79 Å². The molecule has 1 aliphatic heterocycles. The maximum atomic E-state index is 12.1. The smallest absolute Gasteiger partial charge is 0.232 e. The lowest BCUT2D eigenvalue weighted by atomic mass is 9.92. The van der Waals surface area contributed by atoms with E-state index in [1.807, 2.05) is 6.92 Å². The van der Waals surface area contributed by atoms with Crippen molar-refractivity contribution in [1.82, 2.24) is 10.2 Å². The lowest BCUT2D eigenvalue weighted by Crippen LogP contribution is -2.50. The third-order valence-electron chi connectivity index (χ3n) is 3.54. The van der Waals surface area contributed by atoms with Crippen molar-refractivity contribution in [3.63, 3.8) is 0 Å². The Morgan fingerprint density at radius 2 is 1.94 bits per heavy atom. The highest BCUT2D eigenvalue weighted by Crippen LogP contribution is 2.16. The van der Waals surface area contributed by atoms with E-state index in [4.69, 9.17) is 18.0 Å². The monoisotopic (exact) mass is 271 g/mol. The van der Waals surface area contributed by atoms with Crippen LogP contribution < -0.4 is 11.1 Å². The first-order valence-corrected chi connectivity index (χ1v) is 7.08. The fourth-order valence-electron chi connectivity index (χ4n) is 2.09. The van der Waals surface area contributed by atoms with E-state index in [2.05, 4.69) is 10.2 Å². The molecule has 0 saturated carbocycles. The molecule has 18 heavy (non-hydrogen) atoms. The van der Waals surface area contributed by atoms with Crippen LogP contribution in [0, 0.1) is 5.41 Å². The molecule has 0 aromatic rings. The second-order valence-electron chi connectivity index (χ2n) is 5.73. The van der Waals surface area contributed by atoms with Gasteiger partial charge in [0.2, 0.25) is 5.91 Å². The van der Waals surface area contributed by atoms with Crippen LogP contribution in [-0.4, -0.2) is 41.5 Å². The Kier molecular flexibility index (Phi) is 5.53. The fourth-order valence-corrected chi connectivity index (χ4v) is 2.18. The summed E-state index contributed by atoms with van der Waals surface area (Å²) >= 11 is 4.93. The minimum atomic E-state index is -0.772. The number of carbonyl (C=O) groups excluding carboxylic acids is 1. The third kappa shape index (κ3) is 4.21. The SMILES string of the molecule is CC(CN1CCCCC1)NC(=O)C(C)(C)C(N)=S. The van der Waals surface area contributed by atoms with E-state index in [0.717, 1.165) is 19.6 Å². The van der Waals surface area contributed by atoms with Gasteiger partial charge in [0.1, 0.15) is 0 Å². The standard InChI is InChI=1S/C13H25N3OS/c1-10(9-16-7-5-4-6-8-16)15-12(17)13(2,3)11(14)18/h10H,4-9H2,1-3H3,(H2,14,18)(H,15,17). The highest BCUT2D eigenvalue weighted by molar-refractivity contribution is 7.80.